The lowest BCUT2D eigenvalue weighted by Gasteiger charge is -2.36. The van der Waals surface area contributed by atoms with Crippen LogP contribution in [-0.2, 0) is 0 Å². The molecule has 0 aromatic heterocycles. The van der Waals surface area contributed by atoms with Crippen molar-refractivity contribution in [2.24, 2.45) is 0 Å². The monoisotopic (exact) mass is 323 g/mol. The van der Waals surface area contributed by atoms with Crippen molar-refractivity contribution in [1.29, 1.82) is 0 Å². The van der Waals surface area contributed by atoms with Crippen molar-refractivity contribution >= 4 is 5.69 Å². The van der Waals surface area contributed by atoms with E-state index in [0.29, 0.717) is 25.2 Å². The number of nitro benzene ring substituents is 1. The van der Waals surface area contributed by atoms with E-state index in [-0.39, 0.29) is 13.1 Å². The predicted octanol–water partition coefficient (Wildman–Crippen LogP) is 1.95. The van der Waals surface area contributed by atoms with Gasteiger partial charge in [-0.2, -0.15) is 13.2 Å². The molecule has 0 unspecified atom stereocenters. The van der Waals surface area contributed by atoms with Crippen LogP contribution in [0.1, 0.15) is 11.6 Å². The molecule has 1 fully saturated rings. The lowest BCUT2D eigenvalue weighted by atomic mass is 10.0. The maximum absolute atomic E-state index is 13.5. The molecule has 0 radical (unpaired) electrons. The summed E-state index contributed by atoms with van der Waals surface area (Å²) in [5.74, 6) is -2.36. The highest BCUT2D eigenvalue weighted by molar-refractivity contribution is 5.52. The summed E-state index contributed by atoms with van der Waals surface area (Å²) >= 11 is 0. The molecule has 1 saturated heterocycles. The highest BCUT2D eigenvalue weighted by atomic mass is 19.4. The Morgan fingerprint density at radius 3 is 2.41 bits per heavy atom. The van der Waals surface area contributed by atoms with Crippen LogP contribution in [0.5, 0.6) is 5.75 Å². The molecule has 1 aromatic rings. The second-order valence-electron chi connectivity index (χ2n) is 4.85. The first-order chi connectivity index (χ1) is 10.2. The third kappa shape index (κ3) is 3.28. The third-order valence-electron chi connectivity index (χ3n) is 3.40. The molecule has 1 atom stereocenters. The summed E-state index contributed by atoms with van der Waals surface area (Å²) in [6, 6.07) is -1.42. The van der Waals surface area contributed by atoms with Crippen molar-refractivity contribution < 1.29 is 27.6 Å². The van der Waals surface area contributed by atoms with Gasteiger partial charge in [0.2, 0.25) is 0 Å². The SMILES string of the molecule is O=[N+]([O-])c1cc(F)cc([C@H](N2CCNCC2)C(F)(F)F)c1O. The van der Waals surface area contributed by atoms with Crippen molar-refractivity contribution in [1.82, 2.24) is 10.2 Å². The Kier molecular flexibility index (Phi) is 4.52. The zero-order chi connectivity index (χ0) is 16.5. The topological polar surface area (TPSA) is 78.6 Å². The third-order valence-corrected chi connectivity index (χ3v) is 3.40. The zero-order valence-electron chi connectivity index (χ0n) is 11.2. The fourth-order valence-corrected chi connectivity index (χ4v) is 2.47. The molecule has 1 aliphatic rings. The quantitative estimate of drug-likeness (QED) is 0.505. The number of hydrogen-bond acceptors (Lipinski definition) is 5. The van der Waals surface area contributed by atoms with Gasteiger partial charge in [0.25, 0.3) is 0 Å². The molecular formula is C12H13F4N3O3. The van der Waals surface area contributed by atoms with Gasteiger partial charge in [0.05, 0.1) is 11.0 Å². The molecule has 1 aromatic carbocycles. The first-order valence-corrected chi connectivity index (χ1v) is 6.40. The van der Waals surface area contributed by atoms with Crippen molar-refractivity contribution in [3.05, 3.63) is 33.6 Å². The van der Waals surface area contributed by atoms with Crippen LogP contribution in [-0.4, -0.2) is 47.3 Å². The van der Waals surface area contributed by atoms with E-state index >= 15 is 0 Å². The number of halogens is 4. The maximum Gasteiger partial charge on any atom is 0.408 e. The Morgan fingerprint density at radius 1 is 1.32 bits per heavy atom. The molecule has 2 rings (SSSR count). The van der Waals surface area contributed by atoms with Gasteiger partial charge in [-0.05, 0) is 6.07 Å². The normalized spacial score (nSPS) is 18.2. The van der Waals surface area contributed by atoms with Gasteiger partial charge in [0, 0.05) is 31.7 Å². The lowest BCUT2D eigenvalue weighted by molar-refractivity contribution is -0.386. The Hall–Kier alpha value is -1.94. The second-order valence-corrected chi connectivity index (χ2v) is 4.85. The van der Waals surface area contributed by atoms with Crippen molar-refractivity contribution in [3.63, 3.8) is 0 Å². The molecule has 10 heteroatoms. The number of aromatic hydroxyl groups is 1. The summed E-state index contributed by atoms with van der Waals surface area (Å²) in [5.41, 5.74) is -1.93. The fourth-order valence-electron chi connectivity index (χ4n) is 2.47. The summed E-state index contributed by atoms with van der Waals surface area (Å²) in [7, 11) is 0. The fraction of sp³-hybridized carbons (Fsp3) is 0.500. The van der Waals surface area contributed by atoms with Crippen molar-refractivity contribution in [2.45, 2.75) is 12.2 Å². The molecule has 0 aliphatic carbocycles. The van der Waals surface area contributed by atoms with Crippen LogP contribution in [0.2, 0.25) is 0 Å². The summed E-state index contributed by atoms with van der Waals surface area (Å²) < 4.78 is 53.6. The summed E-state index contributed by atoms with van der Waals surface area (Å²) in [6.45, 7) is 0.636. The van der Waals surface area contributed by atoms with Crippen LogP contribution in [0.3, 0.4) is 0 Å². The largest absolute Gasteiger partial charge is 0.502 e. The summed E-state index contributed by atoms with van der Waals surface area (Å²) in [6.07, 6.45) is -4.81. The van der Waals surface area contributed by atoms with E-state index in [2.05, 4.69) is 5.32 Å². The Morgan fingerprint density at radius 2 is 1.91 bits per heavy atom. The molecule has 22 heavy (non-hydrogen) atoms. The van der Waals surface area contributed by atoms with E-state index in [4.69, 9.17) is 0 Å². The molecule has 0 amide bonds. The molecule has 6 nitrogen and oxygen atoms in total. The van der Waals surface area contributed by atoms with E-state index in [9.17, 15) is 32.8 Å². The molecular weight excluding hydrogens is 310 g/mol. The Bertz CT molecular complexity index is 573. The number of nitro groups is 1. The van der Waals surface area contributed by atoms with E-state index < -0.39 is 40.0 Å². The van der Waals surface area contributed by atoms with E-state index in [0.717, 1.165) is 4.90 Å². The van der Waals surface area contributed by atoms with Gasteiger partial charge in [0.1, 0.15) is 11.9 Å². The molecule has 1 heterocycles. The number of benzene rings is 1. The molecule has 122 valence electrons. The van der Waals surface area contributed by atoms with E-state index in [1.165, 1.54) is 0 Å². The van der Waals surface area contributed by atoms with Gasteiger partial charge in [0.15, 0.2) is 5.75 Å². The summed E-state index contributed by atoms with van der Waals surface area (Å²) in [5, 5.41) is 23.4. The average molecular weight is 323 g/mol. The minimum atomic E-state index is -4.81. The lowest BCUT2D eigenvalue weighted by Crippen LogP contribution is -2.49. The molecule has 1 aliphatic heterocycles. The van der Waals surface area contributed by atoms with Crippen molar-refractivity contribution in [2.75, 3.05) is 26.2 Å². The maximum atomic E-state index is 13.5. The van der Waals surface area contributed by atoms with Crippen LogP contribution in [0.15, 0.2) is 12.1 Å². The van der Waals surface area contributed by atoms with Gasteiger partial charge in [-0.15, -0.1) is 0 Å². The van der Waals surface area contributed by atoms with E-state index in [1.54, 1.807) is 0 Å². The average Bonchev–Trinajstić information content (AvgIpc) is 2.42. The zero-order valence-corrected chi connectivity index (χ0v) is 11.2. The minimum absolute atomic E-state index is 0.0218. The van der Waals surface area contributed by atoms with Gasteiger partial charge < -0.3 is 10.4 Å². The predicted molar refractivity (Wildman–Crippen MR) is 68.0 cm³/mol. The Labute approximate surface area is 122 Å². The molecule has 2 N–H and O–H groups in total. The first-order valence-electron chi connectivity index (χ1n) is 6.40. The smallest absolute Gasteiger partial charge is 0.408 e. The first kappa shape index (κ1) is 16.4. The number of phenols is 1. The van der Waals surface area contributed by atoms with Gasteiger partial charge in [-0.1, -0.05) is 0 Å². The number of alkyl halides is 3. The van der Waals surface area contributed by atoms with Gasteiger partial charge in [-0.25, -0.2) is 4.39 Å². The summed E-state index contributed by atoms with van der Waals surface area (Å²) in [4.78, 5) is 10.6. The minimum Gasteiger partial charge on any atom is -0.502 e. The second kappa shape index (κ2) is 6.05. The Balaban J connectivity index is 2.54. The number of nitrogens with zero attached hydrogens (tertiary/aromatic N) is 2. The number of rotatable bonds is 3. The van der Waals surface area contributed by atoms with Crippen molar-refractivity contribution in [3.8, 4) is 5.75 Å². The van der Waals surface area contributed by atoms with Crippen LogP contribution in [0.4, 0.5) is 23.2 Å². The number of piperazine rings is 1. The van der Waals surface area contributed by atoms with E-state index in [1.807, 2.05) is 0 Å². The highest BCUT2D eigenvalue weighted by Crippen LogP contribution is 2.44. The van der Waals surface area contributed by atoms with Crippen LogP contribution >= 0.6 is 0 Å². The van der Waals surface area contributed by atoms with Gasteiger partial charge >= 0.3 is 11.9 Å². The standard InChI is InChI=1S/C12H13F4N3O3/c13-7-5-8(10(20)9(6-7)19(21)22)11(12(14,15)16)18-3-1-17-2-4-18/h5-6,11,17,20H,1-4H2/t11-/m0/s1. The molecule has 0 bridgehead atoms. The number of nitrogens with one attached hydrogen (secondary N) is 1. The van der Waals surface area contributed by atoms with Gasteiger partial charge in [-0.3, -0.25) is 15.0 Å². The van der Waals surface area contributed by atoms with Crippen LogP contribution < -0.4 is 5.32 Å². The number of hydrogen-bond donors (Lipinski definition) is 2. The molecule has 0 spiro atoms. The van der Waals surface area contributed by atoms with Crippen LogP contribution in [0.25, 0.3) is 0 Å². The molecule has 0 saturated carbocycles. The number of phenolic OH excluding ortho intramolecular Hbond substituents is 1. The highest BCUT2D eigenvalue weighted by Gasteiger charge is 2.47. The van der Waals surface area contributed by atoms with Crippen LogP contribution in [0, 0.1) is 15.9 Å².